The summed E-state index contributed by atoms with van der Waals surface area (Å²) in [4.78, 5) is 35.0. The predicted octanol–water partition coefficient (Wildman–Crippen LogP) is 0.671. The molecule has 1 aromatic heterocycles. The predicted molar refractivity (Wildman–Crippen MR) is 91.0 cm³/mol. The molecule has 0 saturated heterocycles. The van der Waals surface area contributed by atoms with E-state index in [0.717, 1.165) is 19.3 Å². The van der Waals surface area contributed by atoms with Gasteiger partial charge in [0.25, 0.3) is 0 Å². The number of hydrogen-bond acceptors (Lipinski definition) is 7. The number of carbonyl (C=O) groups excluding carboxylic acids is 1. The van der Waals surface area contributed by atoms with Gasteiger partial charge in [0, 0.05) is 19.5 Å². The Morgan fingerprint density at radius 1 is 1.42 bits per heavy atom. The van der Waals surface area contributed by atoms with Crippen LogP contribution in [0.4, 0.5) is 4.79 Å². The first-order chi connectivity index (χ1) is 12.2. The number of hydrogen-bond donors (Lipinski definition) is 3. The molecule has 2 rings (SSSR count). The van der Waals surface area contributed by atoms with E-state index in [4.69, 9.17) is 9.26 Å². The van der Waals surface area contributed by atoms with Crippen molar-refractivity contribution in [1.29, 1.82) is 0 Å². The number of aromatic nitrogens is 2. The number of ether oxygens (including phenoxy) is 1. The smallest absolute Gasteiger partial charge is 0.441 e. The zero-order valence-electron chi connectivity index (χ0n) is 15.3. The van der Waals surface area contributed by atoms with Crippen LogP contribution in [0.15, 0.2) is 9.32 Å². The SMILES string of the molecule is CC(C)(C)OC(=O)N[C@@H](CNCC1CCCCc2noc(=O)n21)C(=O)O. The fourth-order valence-corrected chi connectivity index (χ4v) is 2.84. The third-order valence-corrected chi connectivity index (χ3v) is 3.97. The highest BCUT2D eigenvalue weighted by molar-refractivity contribution is 5.80. The molecule has 26 heavy (non-hydrogen) atoms. The maximum atomic E-state index is 11.8. The lowest BCUT2D eigenvalue weighted by Gasteiger charge is -2.23. The Balaban J connectivity index is 1.92. The Morgan fingerprint density at radius 3 is 2.81 bits per heavy atom. The zero-order valence-corrected chi connectivity index (χ0v) is 15.3. The fourth-order valence-electron chi connectivity index (χ4n) is 2.84. The van der Waals surface area contributed by atoms with Crippen molar-refractivity contribution in [2.45, 2.75) is 64.1 Å². The summed E-state index contributed by atoms with van der Waals surface area (Å²) in [6.45, 7) is 5.46. The third kappa shape index (κ3) is 5.58. The van der Waals surface area contributed by atoms with E-state index in [0.29, 0.717) is 18.8 Å². The van der Waals surface area contributed by atoms with Crippen LogP contribution in [0.3, 0.4) is 0 Å². The van der Waals surface area contributed by atoms with E-state index in [2.05, 4.69) is 15.8 Å². The fraction of sp³-hybridized carbons (Fsp3) is 0.750. The van der Waals surface area contributed by atoms with Gasteiger partial charge in [0.1, 0.15) is 11.6 Å². The van der Waals surface area contributed by atoms with E-state index >= 15 is 0 Å². The lowest BCUT2D eigenvalue weighted by atomic mass is 10.1. The molecule has 0 saturated carbocycles. The van der Waals surface area contributed by atoms with E-state index in [1.165, 1.54) is 4.57 Å². The number of carboxylic acid groups (broad SMARTS) is 1. The number of aryl methyl sites for hydroxylation is 1. The van der Waals surface area contributed by atoms with Gasteiger partial charge >= 0.3 is 17.8 Å². The van der Waals surface area contributed by atoms with Crippen LogP contribution in [-0.4, -0.2) is 51.6 Å². The monoisotopic (exact) mass is 370 g/mol. The van der Waals surface area contributed by atoms with Gasteiger partial charge in [-0.25, -0.2) is 14.4 Å². The first-order valence-electron chi connectivity index (χ1n) is 8.67. The standard InChI is InChI=1S/C16H26N4O6/c1-16(2,3)25-14(23)18-11(13(21)22)9-17-8-10-6-4-5-7-12-19-26-15(24)20(10)12/h10-11,17H,4-9H2,1-3H3,(H,18,23)(H,21,22)/t10?,11-/m0/s1. The quantitative estimate of drug-likeness (QED) is 0.665. The van der Waals surface area contributed by atoms with Crippen LogP contribution in [0.1, 0.15) is 51.9 Å². The van der Waals surface area contributed by atoms with Gasteiger partial charge in [-0.05, 0) is 33.6 Å². The molecule has 0 radical (unpaired) electrons. The van der Waals surface area contributed by atoms with Crippen molar-refractivity contribution in [3.63, 3.8) is 0 Å². The average Bonchev–Trinajstić information content (AvgIpc) is 2.75. The molecule has 146 valence electrons. The molecular formula is C16H26N4O6. The highest BCUT2D eigenvalue weighted by Gasteiger charge is 2.26. The van der Waals surface area contributed by atoms with E-state index in [1.807, 2.05) is 0 Å². The molecule has 1 aliphatic rings. The molecule has 0 fully saturated rings. The molecule has 10 nitrogen and oxygen atoms in total. The van der Waals surface area contributed by atoms with Crippen molar-refractivity contribution in [2.24, 2.45) is 0 Å². The molecule has 0 spiro atoms. The minimum absolute atomic E-state index is 0.000437. The minimum atomic E-state index is -1.17. The summed E-state index contributed by atoms with van der Waals surface area (Å²) in [5.74, 6) is -1.07. The number of amides is 1. The zero-order chi connectivity index (χ0) is 19.3. The molecule has 0 aliphatic carbocycles. The molecule has 1 amide bonds. The molecule has 0 bridgehead atoms. The number of alkyl carbamates (subject to hydrolysis) is 1. The number of carbonyl (C=O) groups is 2. The van der Waals surface area contributed by atoms with E-state index in [-0.39, 0.29) is 12.6 Å². The van der Waals surface area contributed by atoms with Crippen molar-refractivity contribution in [2.75, 3.05) is 13.1 Å². The number of fused-ring (bicyclic) bond motifs is 1. The van der Waals surface area contributed by atoms with Gasteiger partial charge in [-0.3, -0.25) is 9.09 Å². The minimum Gasteiger partial charge on any atom is -0.480 e. The van der Waals surface area contributed by atoms with Crippen LogP contribution < -0.4 is 16.4 Å². The van der Waals surface area contributed by atoms with Crippen LogP contribution in [0, 0.1) is 0 Å². The van der Waals surface area contributed by atoms with Crippen molar-refractivity contribution >= 4 is 12.1 Å². The van der Waals surface area contributed by atoms with Crippen LogP contribution in [0.25, 0.3) is 0 Å². The van der Waals surface area contributed by atoms with Crippen LogP contribution in [0.5, 0.6) is 0 Å². The van der Waals surface area contributed by atoms with Gasteiger partial charge in [-0.1, -0.05) is 11.6 Å². The topological polar surface area (TPSA) is 136 Å². The Bertz CT molecular complexity index is 690. The first kappa shape index (κ1) is 20.0. The summed E-state index contributed by atoms with van der Waals surface area (Å²) < 4.78 is 11.3. The van der Waals surface area contributed by atoms with Gasteiger partial charge in [0.2, 0.25) is 0 Å². The largest absolute Gasteiger partial charge is 0.480 e. The van der Waals surface area contributed by atoms with Crippen molar-refractivity contribution < 1.29 is 24.0 Å². The number of carboxylic acids is 1. The summed E-state index contributed by atoms with van der Waals surface area (Å²) in [6, 6.07) is -1.31. The summed E-state index contributed by atoms with van der Waals surface area (Å²) in [7, 11) is 0. The van der Waals surface area contributed by atoms with Crippen molar-refractivity contribution in [3.8, 4) is 0 Å². The van der Waals surface area contributed by atoms with E-state index in [9.17, 15) is 19.5 Å². The highest BCUT2D eigenvalue weighted by atomic mass is 16.6. The molecule has 10 heteroatoms. The van der Waals surface area contributed by atoms with Crippen LogP contribution in [-0.2, 0) is 16.0 Å². The van der Waals surface area contributed by atoms with Crippen LogP contribution in [0.2, 0.25) is 0 Å². The second-order valence-corrected chi connectivity index (χ2v) is 7.33. The Kier molecular flexibility index (Phi) is 6.41. The van der Waals surface area contributed by atoms with Gasteiger partial charge in [0.05, 0.1) is 6.04 Å². The number of nitrogens with zero attached hydrogens (tertiary/aromatic N) is 2. The second-order valence-electron chi connectivity index (χ2n) is 7.33. The highest BCUT2D eigenvalue weighted by Crippen LogP contribution is 2.20. The van der Waals surface area contributed by atoms with Crippen molar-refractivity contribution in [3.05, 3.63) is 16.4 Å². The first-order valence-corrected chi connectivity index (χ1v) is 8.67. The lowest BCUT2D eigenvalue weighted by molar-refractivity contribution is -0.139. The lowest BCUT2D eigenvalue weighted by Crippen LogP contribution is -2.49. The molecule has 1 aliphatic heterocycles. The molecule has 1 unspecified atom stereocenters. The molecule has 1 aromatic rings. The van der Waals surface area contributed by atoms with Gasteiger partial charge in [-0.15, -0.1) is 0 Å². The summed E-state index contributed by atoms with van der Waals surface area (Å²) in [6.07, 6.45) is 2.51. The van der Waals surface area contributed by atoms with Crippen molar-refractivity contribution in [1.82, 2.24) is 20.4 Å². The van der Waals surface area contributed by atoms with Gasteiger partial charge in [-0.2, -0.15) is 0 Å². The molecular weight excluding hydrogens is 344 g/mol. The summed E-state index contributed by atoms with van der Waals surface area (Å²) in [5, 5.41) is 18.4. The summed E-state index contributed by atoms with van der Waals surface area (Å²) in [5.41, 5.74) is -0.716. The van der Waals surface area contributed by atoms with Crippen LogP contribution >= 0.6 is 0 Å². The maximum Gasteiger partial charge on any atom is 0.441 e. The Morgan fingerprint density at radius 2 is 2.15 bits per heavy atom. The van der Waals surface area contributed by atoms with Gasteiger partial charge in [0.15, 0.2) is 5.82 Å². The third-order valence-electron chi connectivity index (χ3n) is 3.97. The maximum absolute atomic E-state index is 11.8. The van der Waals surface area contributed by atoms with E-state index in [1.54, 1.807) is 20.8 Å². The molecule has 2 heterocycles. The Labute approximate surface area is 150 Å². The number of nitrogens with one attached hydrogen (secondary N) is 2. The molecule has 2 atom stereocenters. The summed E-state index contributed by atoms with van der Waals surface area (Å²) >= 11 is 0. The number of aliphatic carboxylic acids is 1. The van der Waals surface area contributed by atoms with Gasteiger partial charge < -0.3 is 20.5 Å². The molecule has 3 N–H and O–H groups in total. The molecule has 0 aromatic carbocycles. The average molecular weight is 370 g/mol. The number of rotatable bonds is 6. The normalized spacial score (nSPS) is 18.5. The second kappa shape index (κ2) is 8.35. The Hall–Kier alpha value is -2.36. The van der Waals surface area contributed by atoms with E-state index < -0.39 is 29.5 Å².